The van der Waals surface area contributed by atoms with E-state index in [1.54, 1.807) is 6.08 Å². The first-order valence-electron chi connectivity index (χ1n) is 10.7. The highest BCUT2D eigenvalue weighted by Crippen LogP contribution is 2.32. The van der Waals surface area contributed by atoms with Crippen molar-refractivity contribution in [2.45, 2.75) is 34.6 Å². The van der Waals surface area contributed by atoms with Gasteiger partial charge >= 0.3 is 0 Å². The molecule has 0 saturated carbocycles. The second-order valence-corrected chi connectivity index (χ2v) is 7.54. The molecular weight excluding hydrogens is 412 g/mol. The Morgan fingerprint density at radius 2 is 1.81 bits per heavy atom. The van der Waals surface area contributed by atoms with Crippen LogP contribution in [0.5, 0.6) is 0 Å². The fourth-order valence-electron chi connectivity index (χ4n) is 3.45. The molecule has 2 rings (SSSR count). The number of rotatable bonds is 7. The number of benzene rings is 1. The van der Waals surface area contributed by atoms with E-state index in [0.717, 1.165) is 38.4 Å². The van der Waals surface area contributed by atoms with E-state index in [4.69, 9.17) is 21.6 Å². The minimum Gasteiger partial charge on any atom is -0.232 e. The second-order valence-electron chi connectivity index (χ2n) is 7.17. The molecule has 0 N–H and O–H groups in total. The zero-order valence-corrected chi connectivity index (χ0v) is 20.4. The van der Waals surface area contributed by atoms with Crippen molar-refractivity contribution in [2.24, 2.45) is 4.99 Å². The van der Waals surface area contributed by atoms with Crippen LogP contribution in [0.25, 0.3) is 28.8 Å². The number of halogens is 1. The smallest absolute Gasteiger partial charge is 0.156 e. The zero-order chi connectivity index (χ0) is 23.7. The summed E-state index contributed by atoms with van der Waals surface area (Å²) >= 11 is 6.77. The molecule has 1 aromatic carbocycles. The molecule has 0 saturated heterocycles. The van der Waals surface area contributed by atoms with Gasteiger partial charge in [0.25, 0.3) is 0 Å². The average Bonchev–Trinajstić information content (AvgIpc) is 2.81. The Kier molecular flexibility index (Phi) is 9.37. The molecule has 2 aromatic rings. The molecule has 3 heteroatoms. The third-order valence-corrected chi connectivity index (χ3v) is 5.61. The predicted molar refractivity (Wildman–Crippen MR) is 145 cm³/mol. The van der Waals surface area contributed by atoms with E-state index in [0.29, 0.717) is 16.6 Å². The van der Waals surface area contributed by atoms with Gasteiger partial charge in [-0.15, -0.1) is 0 Å². The van der Waals surface area contributed by atoms with Crippen molar-refractivity contribution in [3.63, 3.8) is 0 Å². The number of nitrogens with zero attached hydrogens (tertiary/aromatic N) is 2. The van der Waals surface area contributed by atoms with E-state index in [2.05, 4.69) is 19.2 Å². The van der Waals surface area contributed by atoms with E-state index in [1.807, 2.05) is 95.3 Å². The third-order valence-electron chi connectivity index (χ3n) is 5.14. The molecule has 0 unspecified atom stereocenters. The maximum atomic E-state index is 6.77. The van der Waals surface area contributed by atoms with Crippen molar-refractivity contribution in [3.05, 3.63) is 101 Å². The number of hydrogen-bond donors (Lipinski definition) is 0. The van der Waals surface area contributed by atoms with Crippen LogP contribution in [0.4, 0.5) is 5.82 Å². The van der Waals surface area contributed by atoms with Crippen LogP contribution in [-0.2, 0) is 0 Å². The lowest BCUT2D eigenvalue weighted by Gasteiger charge is -2.15. The molecular formula is C29H31ClN2. The van der Waals surface area contributed by atoms with Gasteiger partial charge in [-0.1, -0.05) is 97.6 Å². The van der Waals surface area contributed by atoms with Crippen molar-refractivity contribution >= 4 is 52.0 Å². The van der Waals surface area contributed by atoms with Crippen molar-refractivity contribution < 1.29 is 0 Å². The predicted octanol–water partition coefficient (Wildman–Crippen LogP) is 7.15. The molecule has 164 valence electrons. The van der Waals surface area contributed by atoms with Crippen molar-refractivity contribution in [3.8, 4) is 0 Å². The first-order chi connectivity index (χ1) is 15.4. The molecule has 1 aromatic heterocycles. The quantitative estimate of drug-likeness (QED) is 0.330. The molecule has 2 nitrogen and oxygen atoms in total. The highest BCUT2D eigenvalue weighted by atomic mass is 35.5. The van der Waals surface area contributed by atoms with E-state index in [-0.39, 0.29) is 0 Å². The Morgan fingerprint density at radius 3 is 2.41 bits per heavy atom. The summed E-state index contributed by atoms with van der Waals surface area (Å²) < 4.78 is 0. The molecule has 0 amide bonds. The van der Waals surface area contributed by atoms with E-state index in [9.17, 15) is 0 Å². The molecule has 0 spiro atoms. The Balaban J connectivity index is 2.88. The Bertz CT molecular complexity index is 1250. The minimum atomic E-state index is 0.611. The first kappa shape index (κ1) is 25.0. The lowest BCUT2D eigenvalue weighted by Crippen LogP contribution is -2.26. The summed E-state index contributed by atoms with van der Waals surface area (Å²) in [6, 6.07) is 8.03. The fourth-order valence-corrected chi connectivity index (χ4v) is 3.67. The van der Waals surface area contributed by atoms with Crippen molar-refractivity contribution in [2.75, 3.05) is 0 Å². The Hall–Kier alpha value is -3.23. The van der Waals surface area contributed by atoms with Gasteiger partial charge in [0, 0.05) is 16.3 Å². The molecule has 0 aliphatic rings. The van der Waals surface area contributed by atoms with Crippen LogP contribution in [0.3, 0.4) is 0 Å². The van der Waals surface area contributed by atoms with Gasteiger partial charge in [-0.25, -0.2) is 9.98 Å². The summed E-state index contributed by atoms with van der Waals surface area (Å²) in [4.78, 5) is 9.81. The van der Waals surface area contributed by atoms with Crippen LogP contribution in [0, 0.1) is 6.92 Å². The lowest BCUT2D eigenvalue weighted by molar-refractivity contribution is 1.18. The summed E-state index contributed by atoms with van der Waals surface area (Å²) in [6.45, 7) is 17.8. The maximum absolute atomic E-state index is 6.77. The van der Waals surface area contributed by atoms with Gasteiger partial charge in [0.1, 0.15) is 0 Å². The maximum Gasteiger partial charge on any atom is 0.156 e. The number of hydrogen-bond acceptors (Lipinski definition) is 2. The second kappa shape index (κ2) is 12.0. The minimum absolute atomic E-state index is 0.611. The lowest BCUT2D eigenvalue weighted by atomic mass is 9.96. The van der Waals surface area contributed by atoms with Crippen LogP contribution < -0.4 is 10.4 Å². The number of aliphatic imine (C=N–C) groups is 1. The molecule has 0 atom stereocenters. The largest absolute Gasteiger partial charge is 0.232 e. The van der Waals surface area contributed by atoms with Crippen molar-refractivity contribution in [1.82, 2.24) is 4.98 Å². The summed E-state index contributed by atoms with van der Waals surface area (Å²) in [7, 11) is 0. The molecule has 0 aliphatic heterocycles. The third kappa shape index (κ3) is 5.52. The van der Waals surface area contributed by atoms with Crippen LogP contribution in [0.2, 0.25) is 0 Å². The van der Waals surface area contributed by atoms with E-state index >= 15 is 0 Å². The SMILES string of the molecule is C=C/C=C\C(=C/C)c1nc(N=C(C)/C(Cl)=c2/cccc/c2=C/C)c(C)c(/C=C\C)c1C=C. The summed E-state index contributed by atoms with van der Waals surface area (Å²) in [5, 5.41) is 2.63. The molecule has 32 heavy (non-hydrogen) atoms. The van der Waals surface area contributed by atoms with Gasteiger partial charge in [-0.05, 0) is 51.0 Å². The van der Waals surface area contributed by atoms with Gasteiger partial charge in [-0.2, -0.15) is 0 Å². The molecule has 0 bridgehead atoms. The highest BCUT2D eigenvalue weighted by Gasteiger charge is 2.16. The van der Waals surface area contributed by atoms with Gasteiger partial charge < -0.3 is 0 Å². The highest BCUT2D eigenvalue weighted by molar-refractivity contribution is 6.61. The van der Waals surface area contributed by atoms with Gasteiger partial charge in [0.2, 0.25) is 0 Å². The van der Waals surface area contributed by atoms with Crippen LogP contribution in [0.15, 0.2) is 72.8 Å². The molecule has 1 heterocycles. The summed E-state index contributed by atoms with van der Waals surface area (Å²) in [6.07, 6.45) is 15.6. The zero-order valence-electron chi connectivity index (χ0n) is 19.6. The van der Waals surface area contributed by atoms with Crippen LogP contribution >= 0.6 is 11.6 Å². The topological polar surface area (TPSA) is 25.2 Å². The monoisotopic (exact) mass is 442 g/mol. The Labute approximate surface area is 197 Å². The number of pyridine rings is 1. The molecule has 0 radical (unpaired) electrons. The van der Waals surface area contributed by atoms with Crippen LogP contribution in [0.1, 0.15) is 50.1 Å². The summed E-state index contributed by atoms with van der Waals surface area (Å²) in [5.74, 6) is 0.638. The van der Waals surface area contributed by atoms with Gasteiger partial charge in [0.05, 0.1) is 16.4 Å². The summed E-state index contributed by atoms with van der Waals surface area (Å²) in [5.41, 5.74) is 5.50. The standard InChI is InChI=1S/C29H31ClN2/c1-8-13-17-23(11-4)28-24(12-5)25(16-9-2)20(6)29(32-28)31-21(7)27(30)26-19-15-14-18-22(26)10-3/h8-19H,1,5H2,2-4,6-7H3/b16-9-,17-13-,22-10-,23-11+,27-26+,31-21?. The molecule has 0 fully saturated rings. The Morgan fingerprint density at radius 1 is 1.09 bits per heavy atom. The number of aromatic nitrogens is 1. The van der Waals surface area contributed by atoms with Crippen LogP contribution in [-0.4, -0.2) is 10.7 Å². The average molecular weight is 443 g/mol. The van der Waals surface area contributed by atoms with E-state index in [1.165, 1.54) is 0 Å². The number of allylic oxidation sites excluding steroid dienone is 6. The fraction of sp³-hybridized carbons (Fsp3) is 0.172. The van der Waals surface area contributed by atoms with Gasteiger partial charge in [0.15, 0.2) is 5.82 Å². The normalized spacial score (nSPS) is 14.4. The first-order valence-corrected chi connectivity index (χ1v) is 11.0. The van der Waals surface area contributed by atoms with E-state index < -0.39 is 0 Å². The van der Waals surface area contributed by atoms with Gasteiger partial charge in [-0.3, -0.25) is 0 Å². The van der Waals surface area contributed by atoms with Crippen molar-refractivity contribution in [1.29, 1.82) is 0 Å². The molecule has 0 aliphatic carbocycles.